The molecule has 0 heterocycles. The van der Waals surface area contributed by atoms with E-state index in [0.717, 1.165) is 9.80 Å². The Morgan fingerprint density at radius 2 is 2.00 bits per heavy atom. The summed E-state index contributed by atoms with van der Waals surface area (Å²) < 4.78 is 0.878. The summed E-state index contributed by atoms with van der Waals surface area (Å²) in [5.41, 5.74) is 0.742. The lowest BCUT2D eigenvalue weighted by molar-refractivity contribution is 0.0922. The molecule has 1 fully saturated rings. The Hall–Kier alpha value is -0.0600. The fourth-order valence-electron chi connectivity index (χ4n) is 2.70. The zero-order valence-corrected chi connectivity index (χ0v) is 15.2. The van der Waals surface area contributed by atoms with Crippen LogP contribution in [0, 0.1) is 5.41 Å². The third-order valence-electron chi connectivity index (χ3n) is 4.00. The van der Waals surface area contributed by atoms with Crippen LogP contribution in [-0.2, 0) is 0 Å². The molecule has 0 atom stereocenters. The predicted octanol–water partition coefficient (Wildman–Crippen LogP) is 5.18. The molecule has 0 aliphatic heterocycles. The van der Waals surface area contributed by atoms with Gasteiger partial charge < -0.3 is 5.32 Å². The van der Waals surface area contributed by atoms with Crippen LogP contribution in [0.25, 0.3) is 0 Å². The van der Waals surface area contributed by atoms with Gasteiger partial charge in [0.25, 0.3) is 5.91 Å². The fraction of sp³-hybridized carbons (Fsp3) is 0.533. The summed E-state index contributed by atoms with van der Waals surface area (Å²) in [4.78, 5) is 12.3. The minimum Gasteiger partial charge on any atom is -0.351 e. The van der Waals surface area contributed by atoms with Crippen molar-refractivity contribution in [1.29, 1.82) is 0 Å². The summed E-state index contributed by atoms with van der Waals surface area (Å²) in [6.07, 6.45) is 6.15. The number of rotatable bonds is 4. The highest BCUT2D eigenvalue weighted by Crippen LogP contribution is 2.37. The third kappa shape index (κ3) is 3.99. The first kappa shape index (κ1) is 16.3. The Morgan fingerprint density at radius 3 is 2.60 bits per heavy atom. The molecule has 1 N–H and O–H groups in total. The number of alkyl halides is 1. The smallest absolute Gasteiger partial charge is 0.252 e. The summed E-state index contributed by atoms with van der Waals surface area (Å²) in [6.45, 7) is 0.712. The average Bonchev–Trinajstić information content (AvgIpc) is 2.46. The molecule has 20 heavy (non-hydrogen) atoms. The minimum atomic E-state index is -0.0894. The van der Waals surface area contributed by atoms with E-state index in [4.69, 9.17) is 11.6 Å². The molecular formula is C15H18Br2ClNO. The second kappa shape index (κ2) is 7.28. The van der Waals surface area contributed by atoms with Crippen LogP contribution in [0.2, 0.25) is 5.02 Å². The van der Waals surface area contributed by atoms with Crippen molar-refractivity contribution >= 4 is 49.4 Å². The topological polar surface area (TPSA) is 29.1 Å². The number of hydrogen-bond acceptors (Lipinski definition) is 1. The van der Waals surface area contributed by atoms with E-state index in [-0.39, 0.29) is 11.3 Å². The van der Waals surface area contributed by atoms with Crippen LogP contribution < -0.4 is 5.32 Å². The number of carbonyl (C=O) groups is 1. The van der Waals surface area contributed by atoms with Crippen molar-refractivity contribution in [3.8, 4) is 0 Å². The van der Waals surface area contributed by atoms with E-state index in [1.807, 2.05) is 6.07 Å². The molecule has 0 saturated heterocycles. The maximum absolute atomic E-state index is 12.3. The molecular weight excluding hydrogens is 405 g/mol. The zero-order valence-electron chi connectivity index (χ0n) is 11.2. The summed E-state index contributed by atoms with van der Waals surface area (Å²) in [5, 5.41) is 4.47. The first-order valence-corrected chi connectivity index (χ1v) is 9.15. The van der Waals surface area contributed by atoms with Crippen LogP contribution in [0.4, 0.5) is 0 Å². The highest BCUT2D eigenvalue weighted by atomic mass is 79.9. The summed E-state index contributed by atoms with van der Waals surface area (Å²) >= 11 is 13.1. The number of carbonyl (C=O) groups excluding carboxylic acids is 1. The van der Waals surface area contributed by atoms with E-state index in [1.54, 1.807) is 12.1 Å². The molecule has 2 rings (SSSR count). The van der Waals surface area contributed by atoms with E-state index in [9.17, 15) is 4.79 Å². The predicted molar refractivity (Wildman–Crippen MR) is 90.8 cm³/mol. The normalized spacial score (nSPS) is 17.8. The highest BCUT2D eigenvalue weighted by Gasteiger charge is 2.31. The molecule has 2 nitrogen and oxygen atoms in total. The molecule has 1 aliphatic rings. The standard InChI is InChI=1S/C15H18Br2ClNO/c16-9-15(6-2-1-3-7-15)10-19-14(20)12-5-4-11(17)8-13(12)18/h4-5,8H,1-3,6-7,9-10H2,(H,19,20). The van der Waals surface area contributed by atoms with E-state index >= 15 is 0 Å². The Morgan fingerprint density at radius 1 is 1.30 bits per heavy atom. The SMILES string of the molecule is O=C(NCC1(CBr)CCCCC1)c1ccc(Br)cc1Cl. The lowest BCUT2D eigenvalue weighted by atomic mass is 9.75. The Kier molecular flexibility index (Phi) is 5.94. The van der Waals surface area contributed by atoms with Gasteiger partial charge in [-0.25, -0.2) is 0 Å². The Bertz CT molecular complexity index is 487. The van der Waals surface area contributed by atoms with Crippen molar-refractivity contribution < 1.29 is 4.79 Å². The molecule has 0 aromatic heterocycles. The summed E-state index contributed by atoms with van der Waals surface area (Å²) in [6, 6.07) is 5.34. The molecule has 0 unspecified atom stereocenters. The molecule has 5 heteroatoms. The fourth-order valence-corrected chi connectivity index (χ4v) is 4.21. The van der Waals surface area contributed by atoms with Gasteiger partial charge in [-0.05, 0) is 36.5 Å². The van der Waals surface area contributed by atoms with Crippen molar-refractivity contribution in [2.45, 2.75) is 32.1 Å². The molecule has 1 amide bonds. The van der Waals surface area contributed by atoms with Crippen LogP contribution in [0.3, 0.4) is 0 Å². The van der Waals surface area contributed by atoms with E-state index in [1.165, 1.54) is 32.1 Å². The van der Waals surface area contributed by atoms with Crippen molar-refractivity contribution in [2.75, 3.05) is 11.9 Å². The molecule has 1 saturated carbocycles. The average molecular weight is 424 g/mol. The second-order valence-corrected chi connectivity index (χ2v) is 7.38. The lowest BCUT2D eigenvalue weighted by Gasteiger charge is -2.35. The second-order valence-electron chi connectivity index (χ2n) is 5.50. The van der Waals surface area contributed by atoms with Gasteiger partial charge in [0.1, 0.15) is 0 Å². The molecule has 110 valence electrons. The first-order chi connectivity index (χ1) is 9.56. The van der Waals surface area contributed by atoms with Gasteiger partial charge in [-0.1, -0.05) is 62.7 Å². The van der Waals surface area contributed by atoms with Crippen LogP contribution in [0.15, 0.2) is 22.7 Å². The van der Waals surface area contributed by atoms with Gasteiger partial charge in [-0.3, -0.25) is 4.79 Å². The molecule has 0 radical (unpaired) electrons. The Labute approximate surface area is 141 Å². The number of amides is 1. The maximum atomic E-state index is 12.3. The van der Waals surface area contributed by atoms with Crippen molar-refractivity contribution in [3.63, 3.8) is 0 Å². The van der Waals surface area contributed by atoms with E-state index in [2.05, 4.69) is 37.2 Å². The van der Waals surface area contributed by atoms with Crippen LogP contribution in [-0.4, -0.2) is 17.8 Å². The van der Waals surface area contributed by atoms with Crippen molar-refractivity contribution in [3.05, 3.63) is 33.3 Å². The highest BCUT2D eigenvalue weighted by molar-refractivity contribution is 9.10. The number of hydrogen-bond donors (Lipinski definition) is 1. The molecule has 1 aromatic carbocycles. The molecule has 1 aliphatic carbocycles. The quantitative estimate of drug-likeness (QED) is 0.665. The maximum Gasteiger partial charge on any atom is 0.252 e. The largest absolute Gasteiger partial charge is 0.351 e. The zero-order chi connectivity index (χ0) is 14.6. The number of nitrogens with one attached hydrogen (secondary N) is 1. The summed E-state index contributed by atoms with van der Waals surface area (Å²) in [5.74, 6) is -0.0894. The van der Waals surface area contributed by atoms with Gasteiger partial charge in [-0.15, -0.1) is 0 Å². The van der Waals surface area contributed by atoms with E-state index in [0.29, 0.717) is 17.1 Å². The molecule has 0 bridgehead atoms. The third-order valence-corrected chi connectivity index (χ3v) is 5.99. The van der Waals surface area contributed by atoms with Crippen molar-refractivity contribution in [2.24, 2.45) is 5.41 Å². The van der Waals surface area contributed by atoms with Gasteiger partial charge in [0.05, 0.1) is 10.6 Å². The van der Waals surface area contributed by atoms with Gasteiger partial charge in [0.2, 0.25) is 0 Å². The van der Waals surface area contributed by atoms with Crippen LogP contribution >= 0.6 is 43.5 Å². The molecule has 1 aromatic rings. The number of benzene rings is 1. The van der Waals surface area contributed by atoms with Crippen molar-refractivity contribution in [1.82, 2.24) is 5.32 Å². The van der Waals surface area contributed by atoms with Crippen LogP contribution in [0.1, 0.15) is 42.5 Å². The lowest BCUT2D eigenvalue weighted by Crippen LogP contribution is -2.40. The monoisotopic (exact) mass is 421 g/mol. The van der Waals surface area contributed by atoms with E-state index < -0.39 is 0 Å². The van der Waals surface area contributed by atoms with Gasteiger partial charge in [0.15, 0.2) is 0 Å². The van der Waals surface area contributed by atoms with Gasteiger partial charge in [-0.2, -0.15) is 0 Å². The first-order valence-electron chi connectivity index (χ1n) is 6.86. The van der Waals surface area contributed by atoms with Gasteiger partial charge >= 0.3 is 0 Å². The van der Waals surface area contributed by atoms with Crippen LogP contribution in [0.5, 0.6) is 0 Å². The Balaban J connectivity index is 2.00. The summed E-state index contributed by atoms with van der Waals surface area (Å²) in [7, 11) is 0. The molecule has 0 spiro atoms. The number of halogens is 3. The minimum absolute atomic E-state index is 0.0894. The van der Waals surface area contributed by atoms with Gasteiger partial charge in [0, 0.05) is 16.3 Å².